The van der Waals surface area contributed by atoms with E-state index in [-0.39, 0.29) is 12.5 Å². The lowest BCUT2D eigenvalue weighted by atomic mass is 10.2. The molecule has 0 aliphatic heterocycles. The Bertz CT molecular complexity index is 930. The molecule has 0 unspecified atom stereocenters. The van der Waals surface area contributed by atoms with Crippen LogP contribution in [0.5, 0.6) is 0 Å². The van der Waals surface area contributed by atoms with Gasteiger partial charge in [0.2, 0.25) is 0 Å². The standard InChI is InChI=1S/C19H20F2N2O3/c1-12-8-16-18(26-12)10-17(19(24)22-6-3-7-25-2)23(16)11-13-4-5-14(20)15(21)9-13/h4-5,8-10H,3,6-7,11H2,1-2H3,(H,22,24). The van der Waals surface area contributed by atoms with Crippen LogP contribution in [-0.2, 0) is 11.3 Å². The number of benzene rings is 1. The SMILES string of the molecule is COCCCNC(=O)c1cc2oc(C)cc2n1Cc1ccc(F)c(F)c1. The molecule has 2 aromatic heterocycles. The highest BCUT2D eigenvalue weighted by molar-refractivity contribution is 5.97. The number of rotatable bonds is 7. The highest BCUT2D eigenvalue weighted by Crippen LogP contribution is 2.25. The number of nitrogens with zero attached hydrogens (tertiary/aromatic N) is 1. The molecule has 0 bridgehead atoms. The van der Waals surface area contributed by atoms with E-state index < -0.39 is 11.6 Å². The van der Waals surface area contributed by atoms with Crippen LogP contribution in [0.2, 0.25) is 0 Å². The fourth-order valence-corrected chi connectivity index (χ4v) is 2.85. The van der Waals surface area contributed by atoms with E-state index in [1.165, 1.54) is 6.07 Å². The summed E-state index contributed by atoms with van der Waals surface area (Å²) in [5.41, 5.74) is 2.26. The summed E-state index contributed by atoms with van der Waals surface area (Å²) in [6, 6.07) is 7.19. The number of aryl methyl sites for hydroxylation is 1. The fourth-order valence-electron chi connectivity index (χ4n) is 2.85. The van der Waals surface area contributed by atoms with Crippen molar-refractivity contribution in [1.29, 1.82) is 0 Å². The van der Waals surface area contributed by atoms with E-state index in [1.807, 2.05) is 13.0 Å². The summed E-state index contributed by atoms with van der Waals surface area (Å²) in [5, 5.41) is 2.83. The Labute approximate surface area is 149 Å². The number of halogens is 2. The minimum Gasteiger partial charge on any atom is -0.460 e. The third kappa shape index (κ3) is 3.77. The number of ether oxygens (including phenoxy) is 1. The van der Waals surface area contributed by atoms with Gasteiger partial charge in [0.05, 0.1) is 5.52 Å². The van der Waals surface area contributed by atoms with Crippen molar-refractivity contribution in [3.05, 3.63) is 59.0 Å². The molecule has 3 aromatic rings. The topological polar surface area (TPSA) is 56.4 Å². The number of carbonyl (C=O) groups excluding carboxylic acids is 1. The Balaban J connectivity index is 1.90. The first kappa shape index (κ1) is 18.1. The van der Waals surface area contributed by atoms with Crippen LogP contribution in [0.15, 0.2) is 34.7 Å². The highest BCUT2D eigenvalue weighted by atomic mass is 19.2. The van der Waals surface area contributed by atoms with Gasteiger partial charge in [-0.3, -0.25) is 4.79 Å². The number of amides is 1. The quantitative estimate of drug-likeness (QED) is 0.653. The predicted molar refractivity (Wildman–Crippen MR) is 93.2 cm³/mol. The van der Waals surface area contributed by atoms with Crippen molar-refractivity contribution in [3.63, 3.8) is 0 Å². The molecule has 0 aliphatic rings. The summed E-state index contributed by atoms with van der Waals surface area (Å²) in [5.74, 6) is -1.37. The molecule has 2 heterocycles. The van der Waals surface area contributed by atoms with Crippen LogP contribution in [0.25, 0.3) is 11.1 Å². The Morgan fingerprint density at radius 3 is 2.77 bits per heavy atom. The number of nitrogens with one attached hydrogen (secondary N) is 1. The van der Waals surface area contributed by atoms with E-state index in [0.717, 1.165) is 17.6 Å². The third-order valence-electron chi connectivity index (χ3n) is 4.08. The Kier molecular flexibility index (Phi) is 5.37. The van der Waals surface area contributed by atoms with E-state index in [1.54, 1.807) is 17.7 Å². The molecule has 3 rings (SSSR count). The minimum atomic E-state index is -0.917. The van der Waals surface area contributed by atoms with Gasteiger partial charge < -0.3 is 19.0 Å². The molecule has 0 saturated heterocycles. The molecule has 0 fully saturated rings. The van der Waals surface area contributed by atoms with Crippen LogP contribution < -0.4 is 5.32 Å². The molecule has 0 radical (unpaired) electrons. The lowest BCUT2D eigenvalue weighted by molar-refractivity contribution is 0.0940. The van der Waals surface area contributed by atoms with Gasteiger partial charge in [0.25, 0.3) is 5.91 Å². The number of fused-ring (bicyclic) bond motifs is 1. The fraction of sp³-hybridized carbons (Fsp3) is 0.316. The van der Waals surface area contributed by atoms with Crippen LogP contribution in [0, 0.1) is 18.6 Å². The van der Waals surface area contributed by atoms with Gasteiger partial charge in [0.15, 0.2) is 17.2 Å². The van der Waals surface area contributed by atoms with E-state index in [2.05, 4.69) is 5.32 Å². The van der Waals surface area contributed by atoms with E-state index in [4.69, 9.17) is 9.15 Å². The first-order chi connectivity index (χ1) is 12.5. The highest BCUT2D eigenvalue weighted by Gasteiger charge is 2.19. The van der Waals surface area contributed by atoms with E-state index in [9.17, 15) is 13.6 Å². The van der Waals surface area contributed by atoms with Gasteiger partial charge in [-0.25, -0.2) is 8.78 Å². The zero-order valence-corrected chi connectivity index (χ0v) is 14.6. The van der Waals surface area contributed by atoms with E-state index in [0.29, 0.717) is 42.2 Å². The number of carbonyl (C=O) groups is 1. The van der Waals surface area contributed by atoms with Gasteiger partial charge in [-0.1, -0.05) is 6.07 Å². The second-order valence-electron chi connectivity index (χ2n) is 6.07. The van der Waals surface area contributed by atoms with E-state index >= 15 is 0 Å². The van der Waals surface area contributed by atoms with Crippen molar-refractivity contribution < 1.29 is 22.7 Å². The van der Waals surface area contributed by atoms with Gasteiger partial charge in [0.1, 0.15) is 11.5 Å². The van der Waals surface area contributed by atoms with Gasteiger partial charge >= 0.3 is 0 Å². The summed E-state index contributed by atoms with van der Waals surface area (Å²) in [7, 11) is 1.60. The first-order valence-corrected chi connectivity index (χ1v) is 8.30. The normalized spacial score (nSPS) is 11.2. The molecule has 7 heteroatoms. The predicted octanol–water partition coefficient (Wildman–Crippen LogP) is 3.64. The third-order valence-corrected chi connectivity index (χ3v) is 4.08. The Morgan fingerprint density at radius 1 is 1.23 bits per heavy atom. The van der Waals surface area contributed by atoms with Crippen molar-refractivity contribution in [2.24, 2.45) is 0 Å². The maximum absolute atomic E-state index is 13.5. The molecule has 0 atom stereocenters. The molecule has 26 heavy (non-hydrogen) atoms. The molecule has 138 valence electrons. The average Bonchev–Trinajstić information content (AvgIpc) is 3.12. The summed E-state index contributed by atoms with van der Waals surface area (Å²) in [6.45, 7) is 3.06. The largest absolute Gasteiger partial charge is 0.460 e. The van der Waals surface area contributed by atoms with Crippen molar-refractivity contribution >= 4 is 17.0 Å². The molecule has 1 amide bonds. The smallest absolute Gasteiger partial charge is 0.268 e. The summed E-state index contributed by atoms with van der Waals surface area (Å²) < 4.78 is 39.0. The van der Waals surface area contributed by atoms with Gasteiger partial charge in [-0.2, -0.15) is 0 Å². The summed E-state index contributed by atoms with van der Waals surface area (Å²) in [6.07, 6.45) is 0.696. The lowest BCUT2D eigenvalue weighted by Crippen LogP contribution is -2.27. The van der Waals surface area contributed by atoms with Crippen LogP contribution in [0.4, 0.5) is 8.78 Å². The van der Waals surface area contributed by atoms with Gasteiger partial charge in [0, 0.05) is 38.9 Å². The number of methoxy groups -OCH3 is 1. The molecule has 0 spiro atoms. The second kappa shape index (κ2) is 7.70. The van der Waals surface area contributed by atoms with Crippen LogP contribution in [-0.4, -0.2) is 30.7 Å². The van der Waals surface area contributed by atoms with Gasteiger partial charge in [-0.15, -0.1) is 0 Å². The van der Waals surface area contributed by atoms with Crippen LogP contribution in [0.1, 0.15) is 28.2 Å². The molecule has 5 nitrogen and oxygen atoms in total. The summed E-state index contributed by atoms with van der Waals surface area (Å²) in [4.78, 5) is 12.5. The second-order valence-corrected chi connectivity index (χ2v) is 6.07. The number of hydrogen-bond acceptors (Lipinski definition) is 3. The first-order valence-electron chi connectivity index (χ1n) is 8.30. The molecular weight excluding hydrogens is 342 g/mol. The lowest BCUT2D eigenvalue weighted by Gasteiger charge is -2.11. The van der Waals surface area contributed by atoms with Crippen LogP contribution in [0.3, 0.4) is 0 Å². The zero-order chi connectivity index (χ0) is 18.7. The van der Waals surface area contributed by atoms with Crippen molar-refractivity contribution in [3.8, 4) is 0 Å². The Morgan fingerprint density at radius 2 is 2.04 bits per heavy atom. The maximum Gasteiger partial charge on any atom is 0.268 e. The van der Waals surface area contributed by atoms with Crippen LogP contribution >= 0.6 is 0 Å². The summed E-state index contributed by atoms with van der Waals surface area (Å²) >= 11 is 0. The average molecular weight is 362 g/mol. The molecule has 0 saturated carbocycles. The molecule has 1 N–H and O–H groups in total. The molecule has 0 aliphatic carbocycles. The molecular formula is C19H20F2N2O3. The van der Waals surface area contributed by atoms with Crippen molar-refractivity contribution in [1.82, 2.24) is 9.88 Å². The van der Waals surface area contributed by atoms with Gasteiger partial charge in [-0.05, 0) is 31.0 Å². The number of hydrogen-bond donors (Lipinski definition) is 1. The number of aromatic nitrogens is 1. The molecule has 1 aromatic carbocycles. The monoisotopic (exact) mass is 362 g/mol. The van der Waals surface area contributed by atoms with Crippen molar-refractivity contribution in [2.45, 2.75) is 19.9 Å². The maximum atomic E-state index is 13.5. The van der Waals surface area contributed by atoms with Crippen molar-refractivity contribution in [2.75, 3.05) is 20.3 Å². The number of furan rings is 1. The zero-order valence-electron chi connectivity index (χ0n) is 14.6. The Hall–Kier alpha value is -2.67. The minimum absolute atomic E-state index is 0.223.